The molecular weight excluding hydrogens is 192 g/mol. The van der Waals surface area contributed by atoms with Gasteiger partial charge in [0, 0.05) is 19.4 Å². The van der Waals surface area contributed by atoms with Crippen molar-refractivity contribution in [3.63, 3.8) is 0 Å². The summed E-state index contributed by atoms with van der Waals surface area (Å²) in [7, 11) is -1.58. The predicted molar refractivity (Wildman–Crippen MR) is 60.9 cm³/mol. The standard InChI is InChI=1S/C11H22O2Si/c1-11(2,3)14(4,5)13-8-9-6-10(12)7-9/h9H,6-8H2,1-5H3. The van der Waals surface area contributed by atoms with Crippen LogP contribution in [0.3, 0.4) is 0 Å². The molecule has 0 heterocycles. The normalized spacial score (nSPS) is 19.6. The molecule has 0 bridgehead atoms. The van der Waals surface area contributed by atoms with Crippen molar-refractivity contribution in [1.82, 2.24) is 0 Å². The Labute approximate surface area is 88.2 Å². The van der Waals surface area contributed by atoms with Gasteiger partial charge in [0.15, 0.2) is 8.32 Å². The molecule has 0 aromatic carbocycles. The number of Topliss-reactive ketones (excluding diaryl/α,β-unsaturated/α-hetero) is 1. The zero-order chi connectivity index (χ0) is 11.0. The molecule has 1 fully saturated rings. The van der Waals surface area contributed by atoms with Gasteiger partial charge >= 0.3 is 0 Å². The Kier molecular flexibility index (Phi) is 3.22. The SMILES string of the molecule is CC(C)(C)[Si](C)(C)OCC1CC(=O)C1. The first-order valence-corrected chi connectivity index (χ1v) is 8.29. The van der Waals surface area contributed by atoms with Gasteiger partial charge in [-0.25, -0.2) is 0 Å². The Morgan fingerprint density at radius 2 is 1.86 bits per heavy atom. The third-order valence-corrected chi connectivity index (χ3v) is 8.02. The van der Waals surface area contributed by atoms with E-state index in [0.29, 0.717) is 11.7 Å². The van der Waals surface area contributed by atoms with Gasteiger partial charge in [0.05, 0.1) is 0 Å². The third-order valence-electron chi connectivity index (χ3n) is 3.52. The highest BCUT2D eigenvalue weighted by molar-refractivity contribution is 6.74. The van der Waals surface area contributed by atoms with Gasteiger partial charge in [0.25, 0.3) is 0 Å². The summed E-state index contributed by atoms with van der Waals surface area (Å²) < 4.78 is 6.03. The molecule has 1 rings (SSSR count). The van der Waals surface area contributed by atoms with Crippen molar-refractivity contribution >= 4 is 14.1 Å². The van der Waals surface area contributed by atoms with E-state index in [1.807, 2.05) is 0 Å². The summed E-state index contributed by atoms with van der Waals surface area (Å²) in [6.07, 6.45) is 1.49. The van der Waals surface area contributed by atoms with Crippen LogP contribution in [0.4, 0.5) is 0 Å². The Hall–Kier alpha value is -0.153. The van der Waals surface area contributed by atoms with Crippen LogP contribution in [-0.2, 0) is 9.22 Å². The summed E-state index contributed by atoms with van der Waals surface area (Å²) in [6, 6.07) is 0. The van der Waals surface area contributed by atoms with Gasteiger partial charge in [-0.2, -0.15) is 0 Å². The summed E-state index contributed by atoms with van der Waals surface area (Å²) in [5, 5.41) is 0.279. The maximum atomic E-state index is 10.8. The number of hydrogen-bond donors (Lipinski definition) is 0. The molecule has 0 radical (unpaired) electrons. The minimum atomic E-state index is -1.58. The molecule has 0 aliphatic heterocycles. The van der Waals surface area contributed by atoms with E-state index in [9.17, 15) is 4.79 Å². The molecule has 1 aliphatic carbocycles. The molecule has 0 spiro atoms. The molecule has 14 heavy (non-hydrogen) atoms. The highest BCUT2D eigenvalue weighted by atomic mass is 28.4. The lowest BCUT2D eigenvalue weighted by atomic mass is 9.85. The Balaban J connectivity index is 2.33. The summed E-state index contributed by atoms with van der Waals surface area (Å²) in [6.45, 7) is 12.0. The van der Waals surface area contributed by atoms with Crippen molar-refractivity contribution in [2.75, 3.05) is 6.61 Å². The van der Waals surface area contributed by atoms with Crippen LogP contribution in [0.25, 0.3) is 0 Å². The van der Waals surface area contributed by atoms with E-state index >= 15 is 0 Å². The number of rotatable bonds is 3. The largest absolute Gasteiger partial charge is 0.417 e. The van der Waals surface area contributed by atoms with Crippen LogP contribution in [0.1, 0.15) is 33.6 Å². The monoisotopic (exact) mass is 214 g/mol. The minimum Gasteiger partial charge on any atom is -0.417 e. The smallest absolute Gasteiger partial charge is 0.191 e. The molecule has 0 amide bonds. The second-order valence-corrected chi connectivity index (χ2v) is 10.7. The van der Waals surface area contributed by atoms with Gasteiger partial charge in [-0.1, -0.05) is 20.8 Å². The van der Waals surface area contributed by atoms with E-state index in [0.717, 1.165) is 19.4 Å². The zero-order valence-electron chi connectivity index (χ0n) is 10.0. The average Bonchev–Trinajstić information content (AvgIpc) is 1.93. The van der Waals surface area contributed by atoms with Gasteiger partial charge in [-0.05, 0) is 24.1 Å². The first-order chi connectivity index (χ1) is 6.22. The van der Waals surface area contributed by atoms with Crippen LogP contribution in [-0.4, -0.2) is 20.7 Å². The minimum absolute atomic E-state index is 0.279. The van der Waals surface area contributed by atoms with E-state index in [4.69, 9.17) is 4.43 Å². The van der Waals surface area contributed by atoms with Crippen LogP contribution in [0.2, 0.25) is 18.1 Å². The number of ketones is 1. The highest BCUT2D eigenvalue weighted by Gasteiger charge is 2.38. The first-order valence-electron chi connectivity index (χ1n) is 5.38. The fourth-order valence-electron chi connectivity index (χ4n) is 1.24. The number of carbonyl (C=O) groups excluding carboxylic acids is 1. The van der Waals surface area contributed by atoms with E-state index < -0.39 is 8.32 Å². The van der Waals surface area contributed by atoms with Crippen molar-refractivity contribution in [2.45, 2.75) is 51.7 Å². The number of carbonyl (C=O) groups is 1. The number of hydrogen-bond acceptors (Lipinski definition) is 2. The molecule has 0 atom stereocenters. The van der Waals surface area contributed by atoms with E-state index in [2.05, 4.69) is 33.9 Å². The highest BCUT2D eigenvalue weighted by Crippen LogP contribution is 2.37. The average molecular weight is 214 g/mol. The molecular formula is C11H22O2Si. The molecule has 0 N–H and O–H groups in total. The van der Waals surface area contributed by atoms with Crippen LogP contribution in [0, 0.1) is 5.92 Å². The molecule has 0 aromatic rings. The Bertz CT molecular complexity index is 220. The topological polar surface area (TPSA) is 26.3 Å². The lowest BCUT2D eigenvalue weighted by Crippen LogP contribution is -2.43. The van der Waals surface area contributed by atoms with Gasteiger partial charge < -0.3 is 4.43 Å². The summed E-state index contributed by atoms with van der Waals surface area (Å²) >= 11 is 0. The summed E-state index contributed by atoms with van der Waals surface area (Å²) in [5.74, 6) is 0.908. The Morgan fingerprint density at radius 1 is 1.36 bits per heavy atom. The first kappa shape index (κ1) is 11.9. The molecule has 1 aliphatic rings. The van der Waals surface area contributed by atoms with E-state index in [-0.39, 0.29) is 5.04 Å². The fraction of sp³-hybridized carbons (Fsp3) is 0.909. The molecule has 0 unspecified atom stereocenters. The van der Waals surface area contributed by atoms with Crippen molar-refractivity contribution in [1.29, 1.82) is 0 Å². The molecule has 3 heteroatoms. The molecule has 0 aromatic heterocycles. The van der Waals surface area contributed by atoms with Crippen LogP contribution < -0.4 is 0 Å². The second-order valence-electron chi connectivity index (χ2n) is 5.88. The lowest BCUT2D eigenvalue weighted by Gasteiger charge is -2.38. The van der Waals surface area contributed by atoms with E-state index in [1.54, 1.807) is 0 Å². The molecule has 2 nitrogen and oxygen atoms in total. The van der Waals surface area contributed by atoms with Crippen LogP contribution in [0.15, 0.2) is 0 Å². The predicted octanol–water partition coefficient (Wildman–Crippen LogP) is 2.99. The van der Waals surface area contributed by atoms with Gasteiger partial charge in [0.1, 0.15) is 5.78 Å². The van der Waals surface area contributed by atoms with Gasteiger partial charge in [-0.15, -0.1) is 0 Å². The van der Waals surface area contributed by atoms with E-state index in [1.165, 1.54) is 0 Å². The molecule has 0 saturated heterocycles. The van der Waals surface area contributed by atoms with Gasteiger partial charge in [-0.3, -0.25) is 4.79 Å². The lowest BCUT2D eigenvalue weighted by molar-refractivity contribution is -0.127. The molecule has 1 saturated carbocycles. The van der Waals surface area contributed by atoms with Crippen molar-refractivity contribution in [3.8, 4) is 0 Å². The molecule has 82 valence electrons. The van der Waals surface area contributed by atoms with Crippen molar-refractivity contribution in [2.24, 2.45) is 5.92 Å². The van der Waals surface area contributed by atoms with Crippen LogP contribution >= 0.6 is 0 Å². The maximum absolute atomic E-state index is 10.8. The quantitative estimate of drug-likeness (QED) is 0.675. The van der Waals surface area contributed by atoms with Crippen molar-refractivity contribution in [3.05, 3.63) is 0 Å². The summed E-state index contributed by atoms with van der Waals surface area (Å²) in [4.78, 5) is 10.8. The van der Waals surface area contributed by atoms with Gasteiger partial charge in [0.2, 0.25) is 0 Å². The Morgan fingerprint density at radius 3 is 2.21 bits per heavy atom. The van der Waals surface area contributed by atoms with Crippen LogP contribution in [0.5, 0.6) is 0 Å². The maximum Gasteiger partial charge on any atom is 0.191 e. The third kappa shape index (κ3) is 2.67. The van der Waals surface area contributed by atoms with Crippen molar-refractivity contribution < 1.29 is 9.22 Å². The second kappa shape index (κ2) is 3.78. The summed E-state index contributed by atoms with van der Waals surface area (Å²) in [5.41, 5.74) is 0. The fourth-order valence-corrected chi connectivity index (χ4v) is 2.33. The zero-order valence-corrected chi connectivity index (χ0v) is 11.0.